The number of sulfonamides is 1. The zero-order valence-corrected chi connectivity index (χ0v) is 10.2. The maximum absolute atomic E-state index is 13.4. The lowest BCUT2D eigenvalue weighted by atomic mass is 10.2. The Balaban J connectivity index is 2.90. The van der Waals surface area contributed by atoms with Gasteiger partial charge in [-0.2, -0.15) is 0 Å². The average Bonchev–Trinajstić information content (AvgIpc) is 2.25. The predicted octanol–water partition coefficient (Wildman–Crippen LogP) is 0.315. The lowest BCUT2D eigenvalue weighted by Crippen LogP contribution is -2.30. The van der Waals surface area contributed by atoms with Crippen LogP contribution in [0, 0.1) is 11.7 Å². The number of benzene rings is 1. The van der Waals surface area contributed by atoms with Crippen LogP contribution in [-0.4, -0.2) is 26.7 Å². The van der Waals surface area contributed by atoms with Crippen LogP contribution >= 0.6 is 0 Å². The van der Waals surface area contributed by atoms with E-state index in [9.17, 15) is 12.8 Å². The van der Waals surface area contributed by atoms with E-state index in [-0.39, 0.29) is 24.8 Å². The molecule has 0 radical (unpaired) electrons. The Labute approximate surface area is 99.5 Å². The lowest BCUT2D eigenvalue weighted by Gasteiger charge is -2.11. The summed E-state index contributed by atoms with van der Waals surface area (Å²) in [5.41, 5.74) is 5.48. The molecule has 17 heavy (non-hydrogen) atoms. The van der Waals surface area contributed by atoms with Crippen molar-refractivity contribution < 1.29 is 17.9 Å². The molecule has 4 N–H and O–H groups in total. The van der Waals surface area contributed by atoms with Gasteiger partial charge in [-0.15, -0.1) is 0 Å². The van der Waals surface area contributed by atoms with Gasteiger partial charge in [-0.05, 0) is 24.1 Å². The maximum Gasteiger partial charge on any atom is 0.243 e. The second kappa shape index (κ2) is 5.44. The maximum atomic E-state index is 13.4. The van der Waals surface area contributed by atoms with Crippen LogP contribution in [-0.2, 0) is 10.0 Å². The van der Waals surface area contributed by atoms with E-state index in [2.05, 4.69) is 4.72 Å². The van der Waals surface area contributed by atoms with Crippen molar-refractivity contribution in [2.24, 2.45) is 5.92 Å². The van der Waals surface area contributed by atoms with Crippen LogP contribution in [0.4, 0.5) is 10.1 Å². The average molecular weight is 262 g/mol. The topological polar surface area (TPSA) is 92.4 Å². The fourth-order valence-electron chi connectivity index (χ4n) is 1.13. The first-order valence-electron chi connectivity index (χ1n) is 5.02. The number of nitrogen functional groups attached to an aromatic ring is 1. The summed E-state index contributed by atoms with van der Waals surface area (Å²) in [5.74, 6) is -1.13. The van der Waals surface area contributed by atoms with Crippen molar-refractivity contribution in [3.05, 3.63) is 24.0 Å². The third-order valence-corrected chi connectivity index (χ3v) is 3.64. The fraction of sp³-hybridized carbons (Fsp3) is 0.400. The molecule has 1 rings (SSSR count). The van der Waals surface area contributed by atoms with Gasteiger partial charge in [-0.25, -0.2) is 17.5 Å². The highest BCUT2D eigenvalue weighted by atomic mass is 32.2. The van der Waals surface area contributed by atoms with Crippen LogP contribution < -0.4 is 10.5 Å². The second-order valence-electron chi connectivity index (χ2n) is 3.83. The summed E-state index contributed by atoms with van der Waals surface area (Å²) in [6.45, 7) is 1.57. The smallest absolute Gasteiger partial charge is 0.243 e. The summed E-state index contributed by atoms with van der Waals surface area (Å²) in [6.07, 6.45) is 0. The number of hydrogen-bond donors (Lipinski definition) is 3. The van der Waals surface area contributed by atoms with Crippen molar-refractivity contribution in [3.63, 3.8) is 0 Å². The Morgan fingerprint density at radius 2 is 2.18 bits per heavy atom. The highest BCUT2D eigenvalue weighted by molar-refractivity contribution is 7.89. The zero-order chi connectivity index (χ0) is 13.1. The SMILES string of the molecule is CC(CO)CNS(=O)(=O)c1ccc(N)cc1F. The van der Waals surface area contributed by atoms with E-state index in [1.165, 1.54) is 6.07 Å². The van der Waals surface area contributed by atoms with E-state index in [0.29, 0.717) is 0 Å². The Hall–Kier alpha value is -1.18. The minimum Gasteiger partial charge on any atom is -0.399 e. The standard InChI is InChI=1S/C10H15FN2O3S/c1-7(6-14)5-13-17(15,16)10-3-2-8(12)4-9(10)11/h2-4,7,13-14H,5-6,12H2,1H3. The number of hydrogen-bond acceptors (Lipinski definition) is 4. The van der Waals surface area contributed by atoms with Crippen LogP contribution in [0.1, 0.15) is 6.92 Å². The number of aliphatic hydroxyl groups excluding tert-OH is 1. The zero-order valence-electron chi connectivity index (χ0n) is 9.35. The molecule has 0 heterocycles. The predicted molar refractivity (Wildman–Crippen MR) is 62.3 cm³/mol. The van der Waals surface area contributed by atoms with Gasteiger partial charge in [0.2, 0.25) is 10.0 Å². The lowest BCUT2D eigenvalue weighted by molar-refractivity contribution is 0.238. The molecule has 0 saturated carbocycles. The van der Waals surface area contributed by atoms with Gasteiger partial charge >= 0.3 is 0 Å². The van der Waals surface area contributed by atoms with E-state index in [0.717, 1.165) is 12.1 Å². The molecule has 0 saturated heterocycles. The van der Waals surface area contributed by atoms with Gasteiger partial charge in [0, 0.05) is 18.8 Å². The van der Waals surface area contributed by atoms with Crippen LogP contribution in [0.5, 0.6) is 0 Å². The van der Waals surface area contributed by atoms with Crippen molar-refractivity contribution >= 4 is 15.7 Å². The largest absolute Gasteiger partial charge is 0.399 e. The molecule has 96 valence electrons. The highest BCUT2D eigenvalue weighted by Crippen LogP contribution is 2.16. The summed E-state index contributed by atoms with van der Waals surface area (Å²) in [6, 6.07) is 3.37. The molecule has 1 atom stereocenters. The molecule has 0 aliphatic carbocycles. The number of rotatable bonds is 5. The van der Waals surface area contributed by atoms with Gasteiger partial charge in [-0.1, -0.05) is 6.92 Å². The molecule has 0 spiro atoms. The second-order valence-corrected chi connectivity index (χ2v) is 5.56. The monoisotopic (exact) mass is 262 g/mol. The molecule has 0 aromatic heterocycles. The molecule has 1 unspecified atom stereocenters. The Morgan fingerprint density at radius 3 is 2.71 bits per heavy atom. The normalized spacial score (nSPS) is 13.6. The number of nitrogens with one attached hydrogen (secondary N) is 1. The first kappa shape index (κ1) is 13.9. The number of nitrogens with two attached hydrogens (primary N) is 1. The Kier molecular flexibility index (Phi) is 4.44. The van der Waals surface area contributed by atoms with Gasteiger partial charge in [-0.3, -0.25) is 0 Å². The van der Waals surface area contributed by atoms with Gasteiger partial charge in [0.05, 0.1) is 0 Å². The van der Waals surface area contributed by atoms with Crippen molar-refractivity contribution in [3.8, 4) is 0 Å². The minimum atomic E-state index is -3.90. The molecular weight excluding hydrogens is 247 g/mol. The highest BCUT2D eigenvalue weighted by Gasteiger charge is 2.19. The van der Waals surface area contributed by atoms with Crippen molar-refractivity contribution in [1.82, 2.24) is 4.72 Å². The molecule has 0 amide bonds. The van der Waals surface area contributed by atoms with Crippen LogP contribution in [0.25, 0.3) is 0 Å². The number of halogens is 1. The molecule has 0 bridgehead atoms. The van der Waals surface area contributed by atoms with Crippen LogP contribution in [0.2, 0.25) is 0 Å². The quantitative estimate of drug-likeness (QED) is 0.666. The first-order valence-corrected chi connectivity index (χ1v) is 6.50. The Bertz CT molecular complexity index is 490. The van der Waals surface area contributed by atoms with Crippen molar-refractivity contribution in [1.29, 1.82) is 0 Å². The van der Waals surface area contributed by atoms with E-state index < -0.39 is 20.7 Å². The summed E-state index contributed by atoms with van der Waals surface area (Å²) in [5, 5.41) is 8.77. The van der Waals surface area contributed by atoms with Gasteiger partial charge in [0.15, 0.2) is 0 Å². The minimum absolute atomic E-state index is 0.0443. The van der Waals surface area contributed by atoms with Crippen molar-refractivity contribution in [2.45, 2.75) is 11.8 Å². The molecule has 5 nitrogen and oxygen atoms in total. The van der Waals surface area contributed by atoms with E-state index in [1.54, 1.807) is 6.92 Å². The fourth-order valence-corrected chi connectivity index (χ4v) is 2.35. The first-order chi connectivity index (χ1) is 7.86. The number of anilines is 1. The molecule has 1 aromatic carbocycles. The van der Waals surface area contributed by atoms with E-state index >= 15 is 0 Å². The van der Waals surface area contributed by atoms with Gasteiger partial charge < -0.3 is 10.8 Å². The summed E-state index contributed by atoms with van der Waals surface area (Å²) >= 11 is 0. The van der Waals surface area contributed by atoms with E-state index in [1.807, 2.05) is 0 Å². The van der Waals surface area contributed by atoms with E-state index in [4.69, 9.17) is 10.8 Å². The van der Waals surface area contributed by atoms with Crippen LogP contribution in [0.3, 0.4) is 0 Å². The van der Waals surface area contributed by atoms with Crippen molar-refractivity contribution in [2.75, 3.05) is 18.9 Å². The molecule has 0 fully saturated rings. The molecular formula is C10H15FN2O3S. The third kappa shape index (κ3) is 3.65. The molecule has 7 heteroatoms. The molecule has 0 aliphatic heterocycles. The summed E-state index contributed by atoms with van der Waals surface area (Å²) in [7, 11) is -3.90. The Morgan fingerprint density at radius 1 is 1.53 bits per heavy atom. The van der Waals surface area contributed by atoms with Gasteiger partial charge in [0.25, 0.3) is 0 Å². The van der Waals surface area contributed by atoms with Crippen LogP contribution in [0.15, 0.2) is 23.1 Å². The van der Waals surface area contributed by atoms with Gasteiger partial charge in [0.1, 0.15) is 10.7 Å². The molecule has 1 aromatic rings. The summed E-state index contributed by atoms with van der Waals surface area (Å²) < 4.78 is 39.0. The number of aliphatic hydroxyl groups is 1. The molecule has 0 aliphatic rings. The third-order valence-electron chi connectivity index (χ3n) is 2.18. The summed E-state index contributed by atoms with van der Waals surface area (Å²) in [4.78, 5) is -0.447.